The second kappa shape index (κ2) is 5.46. The van der Waals surface area contributed by atoms with Crippen LogP contribution in [0.3, 0.4) is 0 Å². The van der Waals surface area contributed by atoms with E-state index in [4.69, 9.17) is 4.52 Å². The lowest BCUT2D eigenvalue weighted by Crippen LogP contribution is -2.42. The zero-order valence-electron chi connectivity index (χ0n) is 11.3. The van der Waals surface area contributed by atoms with E-state index in [2.05, 4.69) is 26.0 Å². The molecule has 3 N–H and O–H groups in total. The Kier molecular flexibility index (Phi) is 3.51. The molecule has 0 bridgehead atoms. The smallest absolute Gasteiger partial charge is 0.255 e. The Labute approximate surface area is 116 Å². The van der Waals surface area contributed by atoms with Crippen LogP contribution in [-0.4, -0.2) is 40.4 Å². The number of hydrogen-bond donors (Lipinski definition) is 3. The first-order valence-electron chi connectivity index (χ1n) is 6.73. The van der Waals surface area contributed by atoms with Crippen molar-refractivity contribution in [2.45, 2.75) is 25.8 Å². The van der Waals surface area contributed by atoms with Crippen molar-refractivity contribution in [2.75, 3.05) is 13.1 Å². The van der Waals surface area contributed by atoms with Crippen LogP contribution in [0, 0.1) is 6.92 Å². The Morgan fingerprint density at radius 2 is 2.25 bits per heavy atom. The predicted molar refractivity (Wildman–Crippen MR) is 72.2 cm³/mol. The van der Waals surface area contributed by atoms with Crippen molar-refractivity contribution in [3.05, 3.63) is 23.5 Å². The van der Waals surface area contributed by atoms with Crippen LogP contribution in [0.5, 0.6) is 0 Å². The fourth-order valence-electron chi connectivity index (χ4n) is 2.45. The van der Waals surface area contributed by atoms with E-state index < -0.39 is 0 Å². The number of rotatable bonds is 3. The van der Waals surface area contributed by atoms with Crippen molar-refractivity contribution in [2.24, 2.45) is 0 Å². The van der Waals surface area contributed by atoms with Crippen LogP contribution in [0.15, 0.2) is 16.8 Å². The average Bonchev–Trinajstić information content (AvgIpc) is 3.08. The van der Waals surface area contributed by atoms with Crippen molar-refractivity contribution in [1.29, 1.82) is 0 Å². The summed E-state index contributed by atoms with van der Waals surface area (Å²) >= 11 is 0. The highest BCUT2D eigenvalue weighted by Crippen LogP contribution is 2.23. The summed E-state index contributed by atoms with van der Waals surface area (Å²) in [6, 6.07) is 1.90. The van der Waals surface area contributed by atoms with Crippen LogP contribution in [0.2, 0.25) is 0 Å². The van der Waals surface area contributed by atoms with Crippen molar-refractivity contribution in [3.63, 3.8) is 0 Å². The highest BCUT2D eigenvalue weighted by Gasteiger charge is 2.24. The zero-order valence-corrected chi connectivity index (χ0v) is 11.3. The van der Waals surface area contributed by atoms with Gasteiger partial charge < -0.3 is 15.2 Å². The van der Waals surface area contributed by atoms with Crippen LogP contribution in [0.25, 0.3) is 11.5 Å². The van der Waals surface area contributed by atoms with Crippen molar-refractivity contribution in [1.82, 2.24) is 26.0 Å². The predicted octanol–water partition coefficient (Wildman–Crippen LogP) is 0.855. The molecule has 3 heterocycles. The van der Waals surface area contributed by atoms with Gasteiger partial charge in [-0.05, 0) is 32.9 Å². The quantitative estimate of drug-likeness (QED) is 0.772. The average molecular weight is 275 g/mol. The van der Waals surface area contributed by atoms with Gasteiger partial charge in [-0.15, -0.1) is 0 Å². The van der Waals surface area contributed by atoms with E-state index in [-0.39, 0.29) is 11.9 Å². The summed E-state index contributed by atoms with van der Waals surface area (Å²) in [6.07, 6.45) is 3.42. The molecule has 1 aliphatic rings. The molecule has 1 fully saturated rings. The normalized spacial score (nSPS) is 16.2. The molecule has 1 saturated heterocycles. The molecule has 106 valence electrons. The number of carbonyl (C=O) groups excluding carboxylic acids is 1. The maximum Gasteiger partial charge on any atom is 0.255 e. The van der Waals surface area contributed by atoms with E-state index in [1.165, 1.54) is 6.20 Å². The Balaban J connectivity index is 1.82. The molecule has 1 aliphatic heterocycles. The van der Waals surface area contributed by atoms with E-state index in [1.807, 2.05) is 6.92 Å². The van der Waals surface area contributed by atoms with Crippen molar-refractivity contribution < 1.29 is 9.32 Å². The number of aromatic amines is 1. The fraction of sp³-hybridized carbons (Fsp3) is 0.462. The Morgan fingerprint density at radius 3 is 2.95 bits per heavy atom. The number of aromatic nitrogens is 3. The number of carbonyl (C=O) groups is 1. The van der Waals surface area contributed by atoms with Gasteiger partial charge in [-0.3, -0.25) is 9.89 Å². The second-order valence-corrected chi connectivity index (χ2v) is 4.95. The standard InChI is InChI=1S/C13H17N5O2/c1-8-11(12(18-17-8)10-4-7-15-20-10)13(19)16-9-2-5-14-6-3-9/h4,7,9,14H,2-3,5-6H2,1H3,(H,16,19)(H,17,18). The summed E-state index contributed by atoms with van der Waals surface area (Å²) in [5.74, 6) is 0.374. The molecule has 0 spiro atoms. The molecule has 7 heteroatoms. The van der Waals surface area contributed by atoms with Gasteiger partial charge in [0, 0.05) is 17.8 Å². The van der Waals surface area contributed by atoms with Crippen LogP contribution in [-0.2, 0) is 0 Å². The minimum atomic E-state index is -0.116. The molecule has 2 aromatic rings. The maximum absolute atomic E-state index is 12.5. The summed E-state index contributed by atoms with van der Waals surface area (Å²) in [5.41, 5.74) is 1.76. The van der Waals surface area contributed by atoms with Gasteiger partial charge in [-0.25, -0.2) is 0 Å². The van der Waals surface area contributed by atoms with Gasteiger partial charge in [-0.2, -0.15) is 5.10 Å². The lowest BCUT2D eigenvalue weighted by molar-refractivity contribution is 0.0929. The second-order valence-electron chi connectivity index (χ2n) is 4.95. The number of hydrogen-bond acceptors (Lipinski definition) is 5. The Bertz CT molecular complexity index is 584. The lowest BCUT2D eigenvalue weighted by atomic mass is 10.1. The topological polar surface area (TPSA) is 95.8 Å². The molecule has 0 unspecified atom stereocenters. The molecular formula is C13H17N5O2. The highest BCUT2D eigenvalue weighted by molar-refractivity contribution is 6.00. The molecule has 0 atom stereocenters. The van der Waals surface area contributed by atoms with Crippen LogP contribution in [0.4, 0.5) is 0 Å². The molecule has 3 rings (SSSR count). The molecule has 0 radical (unpaired) electrons. The maximum atomic E-state index is 12.5. The first-order valence-corrected chi connectivity index (χ1v) is 6.73. The molecule has 2 aromatic heterocycles. The molecule has 0 saturated carbocycles. The van der Waals surface area contributed by atoms with E-state index in [0.717, 1.165) is 31.6 Å². The highest BCUT2D eigenvalue weighted by atomic mass is 16.5. The molecular weight excluding hydrogens is 258 g/mol. The van der Waals surface area contributed by atoms with Gasteiger partial charge >= 0.3 is 0 Å². The van der Waals surface area contributed by atoms with E-state index in [0.29, 0.717) is 17.0 Å². The first kappa shape index (κ1) is 12.9. The fourth-order valence-corrected chi connectivity index (χ4v) is 2.45. The molecule has 20 heavy (non-hydrogen) atoms. The Hall–Kier alpha value is -2.15. The van der Waals surface area contributed by atoms with Gasteiger partial charge in [0.15, 0.2) is 5.76 Å². The van der Waals surface area contributed by atoms with Crippen molar-refractivity contribution in [3.8, 4) is 11.5 Å². The minimum Gasteiger partial charge on any atom is -0.355 e. The summed E-state index contributed by atoms with van der Waals surface area (Å²) in [4.78, 5) is 12.5. The third-order valence-electron chi connectivity index (χ3n) is 3.52. The molecule has 0 aromatic carbocycles. The van der Waals surface area contributed by atoms with Crippen molar-refractivity contribution >= 4 is 5.91 Å². The summed E-state index contributed by atoms with van der Waals surface area (Å²) < 4.78 is 5.09. The monoisotopic (exact) mass is 275 g/mol. The first-order chi connectivity index (χ1) is 9.75. The van der Waals surface area contributed by atoms with E-state index in [9.17, 15) is 4.79 Å². The van der Waals surface area contributed by atoms with Crippen LogP contribution >= 0.6 is 0 Å². The van der Waals surface area contributed by atoms with Gasteiger partial charge in [0.05, 0.1) is 11.8 Å². The molecule has 0 aliphatic carbocycles. The number of H-pyrrole nitrogens is 1. The van der Waals surface area contributed by atoms with Gasteiger partial charge in [0.1, 0.15) is 5.69 Å². The number of amides is 1. The summed E-state index contributed by atoms with van der Waals surface area (Å²) in [5, 5.41) is 17.0. The number of nitrogens with zero attached hydrogens (tertiary/aromatic N) is 2. The van der Waals surface area contributed by atoms with Gasteiger partial charge in [0.25, 0.3) is 5.91 Å². The molecule has 7 nitrogen and oxygen atoms in total. The van der Waals surface area contributed by atoms with Gasteiger partial charge in [-0.1, -0.05) is 5.16 Å². The van der Waals surface area contributed by atoms with Crippen LogP contribution < -0.4 is 10.6 Å². The summed E-state index contributed by atoms with van der Waals surface area (Å²) in [6.45, 7) is 3.69. The largest absolute Gasteiger partial charge is 0.355 e. The Morgan fingerprint density at radius 1 is 1.45 bits per heavy atom. The van der Waals surface area contributed by atoms with Crippen LogP contribution in [0.1, 0.15) is 28.9 Å². The third-order valence-corrected chi connectivity index (χ3v) is 3.52. The summed E-state index contributed by atoms with van der Waals surface area (Å²) in [7, 11) is 0. The zero-order chi connectivity index (χ0) is 13.9. The lowest BCUT2D eigenvalue weighted by Gasteiger charge is -2.23. The van der Waals surface area contributed by atoms with E-state index >= 15 is 0 Å². The number of piperidine rings is 1. The molecule has 1 amide bonds. The number of nitrogens with one attached hydrogen (secondary N) is 3. The van der Waals surface area contributed by atoms with Gasteiger partial charge in [0.2, 0.25) is 0 Å². The number of aryl methyl sites for hydroxylation is 1. The third kappa shape index (κ3) is 2.44. The van der Waals surface area contributed by atoms with E-state index in [1.54, 1.807) is 6.07 Å². The SMILES string of the molecule is Cc1[nH]nc(-c2ccno2)c1C(=O)NC1CCNCC1. The minimum absolute atomic E-state index is 0.116.